The van der Waals surface area contributed by atoms with Gasteiger partial charge in [-0.05, 0) is 60.4 Å². The first-order valence-electron chi connectivity index (χ1n) is 9.62. The summed E-state index contributed by atoms with van der Waals surface area (Å²) in [5, 5.41) is 3.31. The zero-order valence-corrected chi connectivity index (χ0v) is 17.0. The SMILES string of the molecule is CCC(C)c1ccc2oc(-c3ccc(Cl)c(NC(=O)c4ccccc4)c3)nc2c1. The van der Waals surface area contributed by atoms with E-state index in [1.54, 1.807) is 24.3 Å². The lowest BCUT2D eigenvalue weighted by Gasteiger charge is -2.08. The van der Waals surface area contributed by atoms with Gasteiger partial charge in [0.1, 0.15) is 5.52 Å². The predicted octanol–water partition coefficient (Wildman–Crippen LogP) is 6.91. The van der Waals surface area contributed by atoms with Gasteiger partial charge < -0.3 is 9.73 Å². The number of hydrogen-bond acceptors (Lipinski definition) is 3. The summed E-state index contributed by atoms with van der Waals surface area (Å²) in [4.78, 5) is 17.1. The first kappa shape index (κ1) is 19.2. The number of nitrogens with zero attached hydrogens (tertiary/aromatic N) is 1. The minimum Gasteiger partial charge on any atom is -0.436 e. The Bertz CT molecular complexity index is 1170. The molecule has 1 amide bonds. The minimum atomic E-state index is -0.222. The van der Waals surface area contributed by atoms with Gasteiger partial charge in [-0.2, -0.15) is 0 Å². The molecule has 1 atom stereocenters. The highest BCUT2D eigenvalue weighted by Crippen LogP contribution is 2.32. The van der Waals surface area contributed by atoms with Crippen molar-refractivity contribution in [3.05, 3.63) is 82.9 Å². The van der Waals surface area contributed by atoms with Crippen LogP contribution in [0.25, 0.3) is 22.6 Å². The topological polar surface area (TPSA) is 55.1 Å². The maximum atomic E-state index is 12.5. The van der Waals surface area contributed by atoms with Crippen LogP contribution in [0.1, 0.15) is 42.1 Å². The van der Waals surface area contributed by atoms with Gasteiger partial charge in [0.2, 0.25) is 5.89 Å². The molecular formula is C24H21ClN2O2. The number of carbonyl (C=O) groups excluding carboxylic acids is 1. The van der Waals surface area contributed by atoms with Crippen molar-refractivity contribution in [2.24, 2.45) is 0 Å². The van der Waals surface area contributed by atoms with Crippen LogP contribution in [0.2, 0.25) is 5.02 Å². The van der Waals surface area contributed by atoms with E-state index in [-0.39, 0.29) is 5.91 Å². The summed E-state index contributed by atoms with van der Waals surface area (Å²) in [5.74, 6) is 0.739. The van der Waals surface area contributed by atoms with Gasteiger partial charge in [0.05, 0.1) is 10.7 Å². The van der Waals surface area contributed by atoms with Crippen molar-refractivity contribution in [3.63, 3.8) is 0 Å². The van der Waals surface area contributed by atoms with Crippen molar-refractivity contribution in [1.82, 2.24) is 4.98 Å². The number of halogens is 1. The van der Waals surface area contributed by atoms with Crippen molar-refractivity contribution >= 4 is 34.3 Å². The number of anilines is 1. The van der Waals surface area contributed by atoms with Crippen LogP contribution in [-0.2, 0) is 0 Å². The number of amides is 1. The Hall–Kier alpha value is -3.11. The molecule has 0 radical (unpaired) electrons. The third kappa shape index (κ3) is 4.03. The van der Waals surface area contributed by atoms with Gasteiger partial charge in [-0.1, -0.05) is 49.7 Å². The van der Waals surface area contributed by atoms with Crippen LogP contribution < -0.4 is 5.32 Å². The Morgan fingerprint density at radius 2 is 1.90 bits per heavy atom. The number of nitrogens with one attached hydrogen (secondary N) is 1. The molecule has 0 aliphatic rings. The lowest BCUT2D eigenvalue weighted by atomic mass is 9.98. The lowest BCUT2D eigenvalue weighted by Crippen LogP contribution is -2.12. The molecule has 0 saturated carbocycles. The van der Waals surface area contributed by atoms with E-state index in [2.05, 4.69) is 36.3 Å². The van der Waals surface area contributed by atoms with Crippen molar-refractivity contribution in [3.8, 4) is 11.5 Å². The van der Waals surface area contributed by atoms with Gasteiger partial charge in [0, 0.05) is 11.1 Å². The average molecular weight is 405 g/mol. The van der Waals surface area contributed by atoms with Gasteiger partial charge in [0.25, 0.3) is 5.91 Å². The molecule has 146 valence electrons. The summed E-state index contributed by atoms with van der Waals surface area (Å²) < 4.78 is 5.94. The smallest absolute Gasteiger partial charge is 0.255 e. The number of oxazole rings is 1. The lowest BCUT2D eigenvalue weighted by molar-refractivity contribution is 0.102. The van der Waals surface area contributed by atoms with Crippen molar-refractivity contribution < 1.29 is 9.21 Å². The van der Waals surface area contributed by atoms with E-state index in [4.69, 9.17) is 16.0 Å². The Balaban J connectivity index is 1.65. The summed E-state index contributed by atoms with van der Waals surface area (Å²) in [6, 6.07) is 20.5. The number of benzene rings is 3. The van der Waals surface area contributed by atoms with Crippen LogP contribution in [0.15, 0.2) is 71.1 Å². The van der Waals surface area contributed by atoms with Crippen molar-refractivity contribution in [2.45, 2.75) is 26.2 Å². The summed E-state index contributed by atoms with van der Waals surface area (Å²) in [7, 11) is 0. The van der Waals surface area contributed by atoms with Gasteiger partial charge in [-0.3, -0.25) is 4.79 Å². The Labute approximate surface area is 174 Å². The quantitative estimate of drug-likeness (QED) is 0.393. The normalized spacial score (nSPS) is 12.1. The fraction of sp³-hybridized carbons (Fsp3) is 0.167. The van der Waals surface area contributed by atoms with Gasteiger partial charge in [-0.25, -0.2) is 4.98 Å². The molecule has 1 unspecified atom stereocenters. The molecular weight excluding hydrogens is 384 g/mol. The molecule has 4 rings (SSSR count). The number of carbonyl (C=O) groups is 1. The molecule has 29 heavy (non-hydrogen) atoms. The van der Waals surface area contributed by atoms with Crippen molar-refractivity contribution in [2.75, 3.05) is 5.32 Å². The monoisotopic (exact) mass is 404 g/mol. The van der Waals surface area contributed by atoms with E-state index in [1.807, 2.05) is 30.3 Å². The van der Waals surface area contributed by atoms with Crippen LogP contribution in [0.4, 0.5) is 5.69 Å². The van der Waals surface area contributed by atoms with E-state index in [1.165, 1.54) is 5.56 Å². The molecule has 0 bridgehead atoms. The third-order valence-corrected chi connectivity index (χ3v) is 5.42. The average Bonchev–Trinajstić information content (AvgIpc) is 3.18. The summed E-state index contributed by atoms with van der Waals surface area (Å²) in [5.41, 5.74) is 4.62. The van der Waals surface area contributed by atoms with E-state index >= 15 is 0 Å². The van der Waals surface area contributed by atoms with Crippen LogP contribution in [0, 0.1) is 0 Å². The highest BCUT2D eigenvalue weighted by molar-refractivity contribution is 6.34. The van der Waals surface area contributed by atoms with Crippen LogP contribution in [0.3, 0.4) is 0 Å². The second kappa shape index (κ2) is 8.10. The fourth-order valence-corrected chi connectivity index (χ4v) is 3.31. The zero-order chi connectivity index (χ0) is 20.4. The van der Waals surface area contributed by atoms with Gasteiger partial charge in [0.15, 0.2) is 5.58 Å². The molecule has 4 nitrogen and oxygen atoms in total. The van der Waals surface area contributed by atoms with Gasteiger partial charge >= 0.3 is 0 Å². The second-order valence-electron chi connectivity index (χ2n) is 7.07. The minimum absolute atomic E-state index is 0.222. The van der Waals surface area contributed by atoms with E-state index < -0.39 is 0 Å². The number of rotatable bonds is 5. The summed E-state index contributed by atoms with van der Waals surface area (Å²) in [6.07, 6.45) is 1.07. The zero-order valence-electron chi connectivity index (χ0n) is 16.3. The highest BCUT2D eigenvalue weighted by atomic mass is 35.5. The largest absolute Gasteiger partial charge is 0.436 e. The first-order valence-corrected chi connectivity index (χ1v) is 9.99. The summed E-state index contributed by atoms with van der Waals surface area (Å²) >= 11 is 6.30. The molecule has 0 fully saturated rings. The van der Waals surface area contributed by atoms with Crippen LogP contribution >= 0.6 is 11.6 Å². The van der Waals surface area contributed by atoms with E-state index in [9.17, 15) is 4.79 Å². The molecule has 3 aromatic carbocycles. The van der Waals surface area contributed by atoms with E-state index in [0.29, 0.717) is 28.1 Å². The predicted molar refractivity (Wildman–Crippen MR) is 118 cm³/mol. The third-order valence-electron chi connectivity index (χ3n) is 5.09. The maximum absolute atomic E-state index is 12.5. The second-order valence-corrected chi connectivity index (χ2v) is 7.48. The number of hydrogen-bond donors (Lipinski definition) is 1. The standard InChI is InChI=1S/C24H21ClN2O2/c1-3-15(2)17-10-12-22-21(13-17)27-24(29-22)18-9-11-19(25)20(14-18)26-23(28)16-7-5-4-6-8-16/h4-15H,3H2,1-2H3,(H,26,28). The first-order chi connectivity index (χ1) is 14.0. The Kier molecular flexibility index (Phi) is 5.36. The van der Waals surface area contributed by atoms with Crippen LogP contribution in [-0.4, -0.2) is 10.9 Å². The molecule has 4 aromatic rings. The Morgan fingerprint density at radius 3 is 2.66 bits per heavy atom. The molecule has 5 heteroatoms. The molecule has 0 saturated heterocycles. The Morgan fingerprint density at radius 1 is 1.10 bits per heavy atom. The van der Waals surface area contributed by atoms with Crippen LogP contribution in [0.5, 0.6) is 0 Å². The molecule has 1 N–H and O–H groups in total. The highest BCUT2D eigenvalue weighted by Gasteiger charge is 2.14. The molecule has 1 heterocycles. The molecule has 0 aliphatic heterocycles. The summed E-state index contributed by atoms with van der Waals surface area (Å²) in [6.45, 7) is 4.37. The van der Waals surface area contributed by atoms with Crippen molar-refractivity contribution in [1.29, 1.82) is 0 Å². The maximum Gasteiger partial charge on any atom is 0.255 e. The number of fused-ring (bicyclic) bond motifs is 1. The fourth-order valence-electron chi connectivity index (χ4n) is 3.15. The molecule has 0 spiro atoms. The number of aromatic nitrogens is 1. The molecule has 1 aromatic heterocycles. The van der Waals surface area contributed by atoms with E-state index in [0.717, 1.165) is 23.1 Å². The molecule has 0 aliphatic carbocycles. The van der Waals surface area contributed by atoms with Gasteiger partial charge in [-0.15, -0.1) is 0 Å².